The molecule has 0 aliphatic heterocycles. The molecule has 88 valence electrons. The van der Waals surface area contributed by atoms with Crippen LogP contribution in [0.25, 0.3) is 5.57 Å². The van der Waals surface area contributed by atoms with Gasteiger partial charge in [0.1, 0.15) is 0 Å². The highest BCUT2D eigenvalue weighted by Gasteiger charge is 2.11. The van der Waals surface area contributed by atoms with Gasteiger partial charge in [0.05, 0.1) is 7.11 Å². The molecule has 1 aromatic carbocycles. The molecule has 2 heteroatoms. The lowest BCUT2D eigenvalue weighted by Crippen LogP contribution is -2.01. The number of hydrogen-bond acceptors (Lipinski definition) is 2. The van der Waals surface area contributed by atoms with Crippen molar-refractivity contribution in [3.8, 4) is 0 Å². The summed E-state index contributed by atoms with van der Waals surface area (Å²) in [5, 5.41) is 0. The van der Waals surface area contributed by atoms with Crippen molar-refractivity contribution >= 4 is 11.5 Å². The van der Waals surface area contributed by atoms with Crippen LogP contribution in [0.4, 0.5) is 0 Å². The monoisotopic (exact) mass is 228 g/mol. The number of benzene rings is 1. The molecule has 17 heavy (non-hydrogen) atoms. The van der Waals surface area contributed by atoms with Gasteiger partial charge in [-0.2, -0.15) is 0 Å². The van der Waals surface area contributed by atoms with Gasteiger partial charge in [-0.1, -0.05) is 36.4 Å². The average molecular weight is 228 g/mol. The zero-order valence-electron chi connectivity index (χ0n) is 9.98. The van der Waals surface area contributed by atoms with Crippen molar-refractivity contribution in [1.82, 2.24) is 0 Å². The van der Waals surface area contributed by atoms with Crippen LogP contribution in [-0.2, 0) is 16.0 Å². The Morgan fingerprint density at radius 2 is 2.12 bits per heavy atom. The Labute approximate surface area is 102 Å². The van der Waals surface area contributed by atoms with Gasteiger partial charge in [0.15, 0.2) is 0 Å². The summed E-state index contributed by atoms with van der Waals surface area (Å²) in [5.74, 6) is -0.314. The molecule has 0 fully saturated rings. The molecular formula is C15H16O2. The first-order valence-corrected chi connectivity index (χ1v) is 5.84. The summed E-state index contributed by atoms with van der Waals surface area (Å²) < 4.78 is 4.55. The molecule has 0 amide bonds. The lowest BCUT2D eigenvalue weighted by Gasteiger charge is -2.18. The van der Waals surface area contributed by atoms with E-state index in [0.717, 1.165) is 12.8 Å². The van der Waals surface area contributed by atoms with E-state index < -0.39 is 0 Å². The van der Waals surface area contributed by atoms with Crippen molar-refractivity contribution in [2.24, 2.45) is 0 Å². The molecule has 0 aromatic heterocycles. The first-order valence-electron chi connectivity index (χ1n) is 5.84. The summed E-state index contributed by atoms with van der Waals surface area (Å²) in [6, 6.07) is 8.45. The zero-order valence-corrected chi connectivity index (χ0v) is 9.98. The van der Waals surface area contributed by atoms with Crippen LogP contribution in [0, 0.1) is 0 Å². The number of allylic oxidation sites excluding steroid dienone is 3. The SMILES string of the molecule is COC(=O)/C=C\C=C1\CCCc2ccccc21. The third-order valence-corrected chi connectivity index (χ3v) is 2.99. The molecule has 0 spiro atoms. The first-order chi connectivity index (χ1) is 8.31. The van der Waals surface area contributed by atoms with Gasteiger partial charge in [-0.15, -0.1) is 0 Å². The smallest absolute Gasteiger partial charge is 0.330 e. The first kappa shape index (κ1) is 11.6. The zero-order chi connectivity index (χ0) is 12.1. The van der Waals surface area contributed by atoms with E-state index in [2.05, 4.69) is 29.0 Å². The fourth-order valence-electron chi connectivity index (χ4n) is 2.14. The van der Waals surface area contributed by atoms with Crippen molar-refractivity contribution in [2.45, 2.75) is 19.3 Å². The van der Waals surface area contributed by atoms with Crippen LogP contribution < -0.4 is 0 Å². The number of ether oxygens (including phenoxy) is 1. The standard InChI is InChI=1S/C15H16O2/c1-17-15(16)11-5-9-13-8-4-7-12-6-2-3-10-14(12)13/h2-3,5-6,9-11H,4,7-8H2,1H3/b11-5-,13-9-. The lowest BCUT2D eigenvalue weighted by atomic mass is 9.87. The number of fused-ring (bicyclic) bond motifs is 1. The Morgan fingerprint density at radius 1 is 1.29 bits per heavy atom. The predicted molar refractivity (Wildman–Crippen MR) is 68.5 cm³/mol. The quantitative estimate of drug-likeness (QED) is 0.574. The number of rotatable bonds is 2. The van der Waals surface area contributed by atoms with Crippen molar-refractivity contribution in [3.63, 3.8) is 0 Å². The second-order valence-corrected chi connectivity index (χ2v) is 4.08. The minimum atomic E-state index is -0.314. The van der Waals surface area contributed by atoms with Crippen LogP contribution in [0.1, 0.15) is 24.0 Å². The number of aryl methyl sites for hydroxylation is 1. The number of hydrogen-bond donors (Lipinski definition) is 0. The van der Waals surface area contributed by atoms with Crippen LogP contribution in [0.5, 0.6) is 0 Å². The minimum absolute atomic E-state index is 0.314. The van der Waals surface area contributed by atoms with E-state index in [1.54, 1.807) is 6.08 Å². The molecule has 0 saturated heterocycles. The van der Waals surface area contributed by atoms with E-state index in [-0.39, 0.29) is 5.97 Å². The fraction of sp³-hybridized carbons (Fsp3) is 0.267. The Kier molecular flexibility index (Phi) is 3.76. The van der Waals surface area contributed by atoms with Gasteiger partial charge in [-0.3, -0.25) is 0 Å². The van der Waals surface area contributed by atoms with Gasteiger partial charge in [0, 0.05) is 6.08 Å². The molecule has 0 radical (unpaired) electrons. The van der Waals surface area contributed by atoms with Crippen LogP contribution >= 0.6 is 0 Å². The third kappa shape index (κ3) is 2.84. The van der Waals surface area contributed by atoms with Gasteiger partial charge in [-0.05, 0) is 36.0 Å². The number of esters is 1. The van der Waals surface area contributed by atoms with Crippen molar-refractivity contribution in [1.29, 1.82) is 0 Å². The summed E-state index contributed by atoms with van der Waals surface area (Å²) in [6.07, 6.45) is 8.62. The highest BCUT2D eigenvalue weighted by Crippen LogP contribution is 2.30. The number of carbonyl (C=O) groups is 1. The highest BCUT2D eigenvalue weighted by atomic mass is 16.5. The third-order valence-electron chi connectivity index (χ3n) is 2.99. The summed E-state index contributed by atoms with van der Waals surface area (Å²) in [6.45, 7) is 0. The van der Waals surface area contributed by atoms with E-state index in [1.165, 1.54) is 36.3 Å². The molecule has 1 aromatic rings. The maximum atomic E-state index is 11.0. The van der Waals surface area contributed by atoms with Gasteiger partial charge in [0.2, 0.25) is 0 Å². The molecule has 1 aliphatic rings. The molecule has 2 rings (SSSR count). The molecule has 0 N–H and O–H groups in total. The number of carbonyl (C=O) groups excluding carboxylic acids is 1. The van der Waals surface area contributed by atoms with Crippen LogP contribution in [-0.4, -0.2) is 13.1 Å². The van der Waals surface area contributed by atoms with Crippen LogP contribution in [0.2, 0.25) is 0 Å². The molecule has 0 atom stereocenters. The molecule has 0 heterocycles. The summed E-state index contributed by atoms with van der Waals surface area (Å²) in [5.41, 5.74) is 4.01. The molecule has 0 saturated carbocycles. The lowest BCUT2D eigenvalue weighted by molar-refractivity contribution is -0.134. The molecule has 1 aliphatic carbocycles. The van der Waals surface area contributed by atoms with Gasteiger partial charge in [0.25, 0.3) is 0 Å². The Balaban J connectivity index is 2.21. The predicted octanol–water partition coefficient (Wildman–Crippen LogP) is 3.14. The largest absolute Gasteiger partial charge is 0.466 e. The maximum Gasteiger partial charge on any atom is 0.330 e. The van der Waals surface area contributed by atoms with E-state index in [9.17, 15) is 4.79 Å². The van der Waals surface area contributed by atoms with Crippen molar-refractivity contribution < 1.29 is 9.53 Å². The van der Waals surface area contributed by atoms with Gasteiger partial charge < -0.3 is 4.74 Å². The van der Waals surface area contributed by atoms with Gasteiger partial charge in [-0.25, -0.2) is 4.79 Å². The van der Waals surface area contributed by atoms with Crippen molar-refractivity contribution in [3.05, 3.63) is 53.6 Å². The Morgan fingerprint density at radius 3 is 2.94 bits per heavy atom. The summed E-state index contributed by atoms with van der Waals surface area (Å²) in [4.78, 5) is 11.0. The summed E-state index contributed by atoms with van der Waals surface area (Å²) in [7, 11) is 1.38. The minimum Gasteiger partial charge on any atom is -0.466 e. The molecule has 0 unspecified atom stereocenters. The number of methoxy groups -OCH3 is 1. The highest BCUT2D eigenvalue weighted by molar-refractivity contribution is 5.83. The van der Waals surface area contributed by atoms with Crippen molar-refractivity contribution in [2.75, 3.05) is 7.11 Å². The fourth-order valence-corrected chi connectivity index (χ4v) is 2.14. The molecule has 0 bridgehead atoms. The van der Waals surface area contributed by atoms with E-state index in [1.807, 2.05) is 6.08 Å². The van der Waals surface area contributed by atoms with Crippen LogP contribution in [0.15, 0.2) is 42.5 Å². The van der Waals surface area contributed by atoms with E-state index in [4.69, 9.17) is 0 Å². The normalized spacial score (nSPS) is 17.1. The molecule has 2 nitrogen and oxygen atoms in total. The summed E-state index contributed by atoms with van der Waals surface area (Å²) >= 11 is 0. The van der Waals surface area contributed by atoms with E-state index >= 15 is 0 Å². The Bertz CT molecular complexity index is 470. The van der Waals surface area contributed by atoms with Crippen LogP contribution in [0.3, 0.4) is 0 Å². The second-order valence-electron chi connectivity index (χ2n) is 4.08. The maximum absolute atomic E-state index is 11.0. The average Bonchev–Trinajstić information content (AvgIpc) is 2.39. The van der Waals surface area contributed by atoms with E-state index in [0.29, 0.717) is 0 Å². The van der Waals surface area contributed by atoms with Gasteiger partial charge >= 0.3 is 5.97 Å². The molecular weight excluding hydrogens is 212 g/mol. The Hall–Kier alpha value is -1.83. The second kappa shape index (κ2) is 5.48. The topological polar surface area (TPSA) is 26.3 Å².